The highest BCUT2D eigenvalue weighted by atomic mass is 16.4. The molecule has 0 spiro atoms. The lowest BCUT2D eigenvalue weighted by Gasteiger charge is -2.33. The zero-order valence-electron chi connectivity index (χ0n) is 17.3. The van der Waals surface area contributed by atoms with E-state index in [1.54, 1.807) is 6.08 Å². The van der Waals surface area contributed by atoms with Crippen molar-refractivity contribution < 1.29 is 34.2 Å². The van der Waals surface area contributed by atoms with Gasteiger partial charge in [0.15, 0.2) is 19.6 Å². The van der Waals surface area contributed by atoms with Crippen molar-refractivity contribution in [3.8, 4) is 0 Å². The molecule has 7 nitrogen and oxygen atoms in total. The Kier molecular flexibility index (Phi) is 15.0. The molecule has 0 unspecified atom stereocenters. The van der Waals surface area contributed by atoms with E-state index in [0.29, 0.717) is 0 Å². The number of carboxylic acids is 3. The van der Waals surface area contributed by atoms with E-state index in [-0.39, 0.29) is 6.54 Å². The van der Waals surface area contributed by atoms with Gasteiger partial charge in [0.05, 0.1) is 6.54 Å². The fraction of sp³-hybridized carbons (Fsp3) is 0.762. The molecule has 0 aliphatic rings. The van der Waals surface area contributed by atoms with Crippen LogP contribution >= 0.6 is 0 Å². The Balaban J connectivity index is 4.15. The van der Waals surface area contributed by atoms with Gasteiger partial charge in [-0.15, -0.1) is 0 Å². The molecule has 0 aromatic carbocycles. The molecule has 0 bridgehead atoms. The Morgan fingerprint density at radius 1 is 0.643 bits per heavy atom. The molecule has 28 heavy (non-hydrogen) atoms. The molecular formula is C21H38NO6+. The maximum atomic E-state index is 11.1. The molecule has 162 valence electrons. The van der Waals surface area contributed by atoms with Gasteiger partial charge in [0, 0.05) is 0 Å². The van der Waals surface area contributed by atoms with Crippen LogP contribution in [0.4, 0.5) is 0 Å². The molecule has 0 aromatic heterocycles. The molecule has 0 saturated carbocycles. The van der Waals surface area contributed by atoms with Crippen LogP contribution in [-0.4, -0.2) is 63.9 Å². The molecule has 0 aliphatic carbocycles. The minimum atomic E-state index is -1.20. The third kappa shape index (κ3) is 15.2. The number of carboxylic acid groups (broad SMARTS) is 3. The lowest BCUT2D eigenvalue weighted by Crippen LogP contribution is -2.56. The summed E-state index contributed by atoms with van der Waals surface area (Å²) in [6.45, 7) is 0.726. The molecule has 0 aromatic rings. The van der Waals surface area contributed by atoms with Gasteiger partial charge in [-0.3, -0.25) is 4.48 Å². The molecule has 0 fully saturated rings. The number of hydrogen-bond acceptors (Lipinski definition) is 3. The van der Waals surface area contributed by atoms with Crippen LogP contribution in [0.25, 0.3) is 0 Å². The summed E-state index contributed by atoms with van der Waals surface area (Å²) in [5.74, 6) is -3.61. The number of unbranched alkanes of at least 4 members (excludes halogenated alkanes) is 10. The normalized spacial score (nSPS) is 11.8. The summed E-state index contributed by atoms with van der Waals surface area (Å²) in [4.78, 5) is 33.3. The van der Waals surface area contributed by atoms with Gasteiger partial charge in [-0.05, 0) is 18.9 Å². The van der Waals surface area contributed by atoms with Crippen LogP contribution in [-0.2, 0) is 14.4 Å². The first-order chi connectivity index (χ1) is 13.3. The van der Waals surface area contributed by atoms with Gasteiger partial charge in [0.2, 0.25) is 0 Å². The molecule has 0 saturated heterocycles. The molecule has 7 heteroatoms. The van der Waals surface area contributed by atoms with Crippen LogP contribution in [0.15, 0.2) is 12.2 Å². The Bertz CT molecular complexity index is 448. The number of nitrogens with zero attached hydrogens (tertiary/aromatic N) is 1. The predicted octanol–water partition coefficient (Wildman–Crippen LogP) is 3.92. The van der Waals surface area contributed by atoms with Crippen molar-refractivity contribution in [1.82, 2.24) is 0 Å². The maximum Gasteiger partial charge on any atom is 0.359 e. The first kappa shape index (κ1) is 26.1. The average Bonchev–Trinajstić information content (AvgIpc) is 2.57. The van der Waals surface area contributed by atoms with Crippen molar-refractivity contribution in [2.75, 3.05) is 26.2 Å². The van der Waals surface area contributed by atoms with Gasteiger partial charge in [-0.1, -0.05) is 70.8 Å². The highest BCUT2D eigenvalue weighted by Crippen LogP contribution is 2.12. The monoisotopic (exact) mass is 400 g/mol. The van der Waals surface area contributed by atoms with Gasteiger partial charge in [-0.25, -0.2) is 14.4 Å². The zero-order chi connectivity index (χ0) is 21.3. The van der Waals surface area contributed by atoms with Crippen LogP contribution in [0, 0.1) is 0 Å². The van der Waals surface area contributed by atoms with E-state index in [1.165, 1.54) is 51.4 Å². The minimum Gasteiger partial charge on any atom is -0.477 e. The van der Waals surface area contributed by atoms with E-state index in [9.17, 15) is 14.4 Å². The first-order valence-corrected chi connectivity index (χ1v) is 10.5. The van der Waals surface area contributed by atoms with Gasteiger partial charge in [0.25, 0.3) is 0 Å². The third-order valence-corrected chi connectivity index (χ3v) is 4.80. The molecule has 0 aliphatic heterocycles. The zero-order valence-corrected chi connectivity index (χ0v) is 17.3. The van der Waals surface area contributed by atoms with Crippen molar-refractivity contribution in [3.05, 3.63) is 12.2 Å². The van der Waals surface area contributed by atoms with Crippen molar-refractivity contribution in [2.24, 2.45) is 0 Å². The molecule has 0 radical (unpaired) electrons. The fourth-order valence-corrected chi connectivity index (χ4v) is 3.39. The van der Waals surface area contributed by atoms with Gasteiger partial charge in [0.1, 0.15) is 0 Å². The molecular weight excluding hydrogens is 362 g/mol. The summed E-state index contributed by atoms with van der Waals surface area (Å²) in [5.41, 5.74) is 0. The molecule has 0 rings (SSSR count). The summed E-state index contributed by atoms with van der Waals surface area (Å²) < 4.78 is -0.519. The highest BCUT2D eigenvalue weighted by molar-refractivity contribution is 5.73. The van der Waals surface area contributed by atoms with Crippen molar-refractivity contribution in [1.29, 1.82) is 0 Å². The summed E-state index contributed by atoms with van der Waals surface area (Å²) in [5, 5.41) is 27.2. The van der Waals surface area contributed by atoms with E-state index >= 15 is 0 Å². The molecule has 0 atom stereocenters. The quantitative estimate of drug-likeness (QED) is 0.172. The van der Waals surface area contributed by atoms with Crippen LogP contribution < -0.4 is 0 Å². The van der Waals surface area contributed by atoms with Gasteiger partial charge in [-0.2, -0.15) is 0 Å². The van der Waals surface area contributed by atoms with E-state index in [0.717, 1.165) is 19.3 Å². The summed E-state index contributed by atoms with van der Waals surface area (Å²) in [6.07, 6.45) is 17.0. The number of aliphatic carboxylic acids is 3. The van der Waals surface area contributed by atoms with Gasteiger partial charge >= 0.3 is 17.9 Å². The standard InChI is InChI=1S/C21H37NO6/c1-2-3-4-5-6-7-8-9-10-11-12-13-14-15-22(16-19(23)24,17-20(25)26)18-21(27)28/h13-14H,2-12,15-18H2,1H3,(H2-,23,24,25,26,27,28)/p+1/b14-13+. The second kappa shape index (κ2) is 16.1. The average molecular weight is 401 g/mol. The van der Waals surface area contributed by atoms with E-state index in [2.05, 4.69) is 6.92 Å². The SMILES string of the molecule is CCCCCCCCCCCC/C=C/C[N+](CC(=O)O)(CC(=O)O)CC(=O)O. The summed E-state index contributed by atoms with van der Waals surface area (Å²) in [7, 11) is 0. The lowest BCUT2D eigenvalue weighted by atomic mass is 10.1. The third-order valence-electron chi connectivity index (χ3n) is 4.80. The fourth-order valence-electron chi connectivity index (χ4n) is 3.39. The first-order valence-electron chi connectivity index (χ1n) is 10.5. The predicted molar refractivity (Wildman–Crippen MR) is 108 cm³/mol. The minimum absolute atomic E-state index is 0.0860. The topological polar surface area (TPSA) is 112 Å². The Morgan fingerprint density at radius 3 is 1.43 bits per heavy atom. The van der Waals surface area contributed by atoms with Crippen molar-refractivity contribution in [2.45, 2.75) is 77.6 Å². The van der Waals surface area contributed by atoms with E-state index in [4.69, 9.17) is 15.3 Å². The van der Waals surface area contributed by atoms with Crippen LogP contribution in [0.3, 0.4) is 0 Å². The summed E-state index contributed by atoms with van der Waals surface area (Å²) >= 11 is 0. The van der Waals surface area contributed by atoms with E-state index in [1.807, 2.05) is 6.08 Å². The van der Waals surface area contributed by atoms with Crippen LogP contribution in [0.1, 0.15) is 77.6 Å². The second-order valence-corrected chi connectivity index (χ2v) is 7.62. The largest absolute Gasteiger partial charge is 0.477 e. The molecule has 0 amide bonds. The molecule has 3 N–H and O–H groups in total. The Labute approximate surface area is 168 Å². The number of quaternary nitrogens is 1. The molecule has 0 heterocycles. The van der Waals surface area contributed by atoms with Crippen molar-refractivity contribution >= 4 is 17.9 Å². The smallest absolute Gasteiger partial charge is 0.359 e. The second-order valence-electron chi connectivity index (χ2n) is 7.62. The highest BCUT2D eigenvalue weighted by Gasteiger charge is 2.34. The van der Waals surface area contributed by atoms with Crippen LogP contribution in [0.5, 0.6) is 0 Å². The summed E-state index contributed by atoms with van der Waals surface area (Å²) in [6, 6.07) is 0. The van der Waals surface area contributed by atoms with Gasteiger partial charge < -0.3 is 15.3 Å². The van der Waals surface area contributed by atoms with E-state index < -0.39 is 42.0 Å². The number of carbonyl (C=O) groups is 3. The van der Waals surface area contributed by atoms with Crippen LogP contribution in [0.2, 0.25) is 0 Å². The number of hydrogen-bond donors (Lipinski definition) is 3. The number of rotatable bonds is 19. The van der Waals surface area contributed by atoms with Crippen molar-refractivity contribution in [3.63, 3.8) is 0 Å². The maximum absolute atomic E-state index is 11.1. The number of allylic oxidation sites excluding steroid dienone is 1. The lowest BCUT2D eigenvalue weighted by molar-refractivity contribution is -0.902. The Morgan fingerprint density at radius 2 is 1.04 bits per heavy atom. The Hall–Kier alpha value is -1.89.